The average Bonchev–Trinajstić information content (AvgIpc) is 2.71. The molecule has 0 N–H and O–H groups in total. The van der Waals surface area contributed by atoms with Gasteiger partial charge >= 0.3 is 16.2 Å². The van der Waals surface area contributed by atoms with E-state index in [4.69, 9.17) is 4.74 Å². The topological polar surface area (TPSA) is 63.7 Å². The summed E-state index contributed by atoms with van der Waals surface area (Å²) in [6.45, 7) is 0.717. The SMILES string of the molecule is COC(=O)[C@@]12CCCN1C[C@H](S(=O)(=O)F)C2. The normalized spacial score (nSPS) is 35.0. The van der Waals surface area contributed by atoms with Gasteiger partial charge in [-0.25, -0.2) is 0 Å². The maximum Gasteiger partial charge on any atom is 0.326 e. The predicted molar refractivity (Wildman–Crippen MR) is 54.0 cm³/mol. The lowest BCUT2D eigenvalue weighted by molar-refractivity contribution is -0.151. The van der Waals surface area contributed by atoms with Crippen molar-refractivity contribution in [1.29, 1.82) is 0 Å². The quantitative estimate of drug-likeness (QED) is 0.513. The van der Waals surface area contributed by atoms with Crippen molar-refractivity contribution in [2.45, 2.75) is 30.1 Å². The molecule has 0 aliphatic carbocycles. The molecule has 0 aromatic rings. The van der Waals surface area contributed by atoms with Crippen LogP contribution in [-0.4, -0.2) is 50.3 Å². The Morgan fingerprint density at radius 3 is 2.81 bits per heavy atom. The Hall–Kier alpha value is -0.690. The van der Waals surface area contributed by atoms with Crippen LogP contribution in [0.25, 0.3) is 0 Å². The fourth-order valence-electron chi connectivity index (χ4n) is 2.81. The van der Waals surface area contributed by atoms with Gasteiger partial charge in [-0.2, -0.15) is 8.42 Å². The van der Waals surface area contributed by atoms with Crippen molar-refractivity contribution in [2.75, 3.05) is 20.2 Å². The third-order valence-electron chi connectivity index (χ3n) is 3.58. The molecule has 5 nitrogen and oxygen atoms in total. The van der Waals surface area contributed by atoms with Gasteiger partial charge in [-0.3, -0.25) is 9.69 Å². The standard InChI is InChI=1S/C9H14FNO4S/c1-15-8(12)9-3-2-4-11(9)6-7(5-9)16(10,13)14/h7H,2-6H2,1H3/t7-,9+/m1/s1. The second-order valence-corrected chi connectivity index (χ2v) is 5.99. The fraction of sp³-hybridized carbons (Fsp3) is 0.889. The highest BCUT2D eigenvalue weighted by molar-refractivity contribution is 7.87. The van der Waals surface area contributed by atoms with E-state index in [1.807, 2.05) is 0 Å². The molecule has 0 saturated carbocycles. The number of ether oxygens (including phenoxy) is 1. The highest BCUT2D eigenvalue weighted by Crippen LogP contribution is 2.42. The largest absolute Gasteiger partial charge is 0.468 e. The fourth-order valence-corrected chi connectivity index (χ4v) is 3.64. The number of hydrogen-bond donors (Lipinski definition) is 0. The number of nitrogens with zero attached hydrogens (tertiary/aromatic N) is 1. The zero-order valence-electron chi connectivity index (χ0n) is 8.98. The summed E-state index contributed by atoms with van der Waals surface area (Å²) >= 11 is 0. The molecule has 7 heteroatoms. The van der Waals surface area contributed by atoms with E-state index >= 15 is 0 Å². The van der Waals surface area contributed by atoms with Crippen molar-refractivity contribution < 1.29 is 21.8 Å². The van der Waals surface area contributed by atoms with Crippen LogP contribution in [0.4, 0.5) is 3.89 Å². The number of rotatable bonds is 2. The van der Waals surface area contributed by atoms with Crippen molar-refractivity contribution in [3.8, 4) is 0 Å². The summed E-state index contributed by atoms with van der Waals surface area (Å²) in [5.41, 5.74) is -0.904. The van der Waals surface area contributed by atoms with E-state index < -0.39 is 27.0 Å². The first-order valence-corrected chi connectivity index (χ1v) is 6.62. The second-order valence-electron chi connectivity index (χ2n) is 4.37. The Morgan fingerprint density at radius 1 is 1.56 bits per heavy atom. The molecule has 0 amide bonds. The molecular weight excluding hydrogens is 237 g/mol. The third-order valence-corrected chi connectivity index (χ3v) is 4.69. The molecule has 0 unspecified atom stereocenters. The predicted octanol–water partition coefficient (Wildman–Crippen LogP) is 0.0656. The lowest BCUT2D eigenvalue weighted by atomic mass is 9.94. The second kappa shape index (κ2) is 3.66. The highest BCUT2D eigenvalue weighted by Gasteiger charge is 2.57. The number of carbonyl (C=O) groups is 1. The summed E-state index contributed by atoms with van der Waals surface area (Å²) in [5, 5.41) is -1.09. The first-order valence-electron chi connectivity index (χ1n) is 5.17. The Morgan fingerprint density at radius 2 is 2.25 bits per heavy atom. The first kappa shape index (κ1) is 11.8. The minimum absolute atomic E-state index is 0.0124. The molecule has 2 heterocycles. The Labute approximate surface area is 93.8 Å². The number of methoxy groups -OCH3 is 1. The van der Waals surface area contributed by atoms with Gasteiger partial charge in [0.15, 0.2) is 0 Å². The summed E-state index contributed by atoms with van der Waals surface area (Å²) in [6, 6.07) is 0. The van der Waals surface area contributed by atoms with Gasteiger partial charge in [0.25, 0.3) is 0 Å². The maximum atomic E-state index is 12.9. The Bertz CT molecular complexity index is 410. The summed E-state index contributed by atoms with van der Waals surface area (Å²) in [7, 11) is -3.31. The highest BCUT2D eigenvalue weighted by atomic mass is 32.3. The lowest BCUT2D eigenvalue weighted by Crippen LogP contribution is -2.46. The van der Waals surface area contributed by atoms with Crippen molar-refractivity contribution in [2.24, 2.45) is 0 Å². The van der Waals surface area contributed by atoms with Crippen LogP contribution in [-0.2, 0) is 19.8 Å². The Balaban J connectivity index is 2.28. The molecule has 2 atom stereocenters. The van der Waals surface area contributed by atoms with Gasteiger partial charge < -0.3 is 4.74 Å². The van der Waals surface area contributed by atoms with E-state index in [-0.39, 0.29) is 13.0 Å². The molecule has 0 spiro atoms. The van der Waals surface area contributed by atoms with Crippen LogP contribution in [0.15, 0.2) is 0 Å². The summed E-state index contributed by atoms with van der Waals surface area (Å²) in [5.74, 6) is -0.448. The van der Waals surface area contributed by atoms with Crippen LogP contribution in [0.5, 0.6) is 0 Å². The van der Waals surface area contributed by atoms with Gasteiger partial charge in [0.1, 0.15) is 10.8 Å². The first-order chi connectivity index (χ1) is 7.40. The third kappa shape index (κ3) is 1.62. The van der Waals surface area contributed by atoms with Gasteiger partial charge in [-0.05, 0) is 25.8 Å². The van der Waals surface area contributed by atoms with Crippen LogP contribution in [0.2, 0.25) is 0 Å². The van der Waals surface area contributed by atoms with E-state index in [2.05, 4.69) is 0 Å². The van der Waals surface area contributed by atoms with E-state index in [0.717, 1.165) is 6.42 Å². The van der Waals surface area contributed by atoms with Crippen molar-refractivity contribution >= 4 is 16.2 Å². The number of esters is 1. The zero-order chi connectivity index (χ0) is 12.0. The minimum atomic E-state index is -4.57. The van der Waals surface area contributed by atoms with Crippen LogP contribution < -0.4 is 0 Å². The van der Waals surface area contributed by atoms with Crippen LogP contribution in [0.3, 0.4) is 0 Å². The lowest BCUT2D eigenvalue weighted by Gasteiger charge is -2.28. The summed E-state index contributed by atoms with van der Waals surface area (Å²) in [6.07, 6.45) is 1.37. The van der Waals surface area contributed by atoms with Crippen LogP contribution in [0, 0.1) is 0 Å². The molecule has 0 aromatic heterocycles. The van der Waals surface area contributed by atoms with Crippen molar-refractivity contribution in [3.63, 3.8) is 0 Å². The molecule has 92 valence electrons. The Kier molecular flexibility index (Phi) is 2.70. The van der Waals surface area contributed by atoms with E-state index in [0.29, 0.717) is 13.0 Å². The molecule has 0 aromatic carbocycles. The number of carbonyl (C=O) groups excluding carboxylic acids is 1. The average molecular weight is 251 g/mol. The summed E-state index contributed by atoms with van der Waals surface area (Å²) in [4.78, 5) is 13.4. The van der Waals surface area contributed by atoms with Crippen LogP contribution in [0.1, 0.15) is 19.3 Å². The smallest absolute Gasteiger partial charge is 0.326 e. The van der Waals surface area contributed by atoms with Crippen LogP contribution >= 0.6 is 0 Å². The van der Waals surface area contributed by atoms with Gasteiger partial charge in [0, 0.05) is 6.54 Å². The van der Waals surface area contributed by atoms with Gasteiger partial charge in [-0.1, -0.05) is 0 Å². The molecule has 0 radical (unpaired) electrons. The number of hydrogen-bond acceptors (Lipinski definition) is 5. The van der Waals surface area contributed by atoms with E-state index in [1.54, 1.807) is 4.90 Å². The maximum absolute atomic E-state index is 12.9. The van der Waals surface area contributed by atoms with Crippen molar-refractivity contribution in [1.82, 2.24) is 4.90 Å². The zero-order valence-corrected chi connectivity index (χ0v) is 9.80. The van der Waals surface area contributed by atoms with E-state index in [1.165, 1.54) is 7.11 Å². The molecule has 2 rings (SSSR count). The monoisotopic (exact) mass is 251 g/mol. The molecule has 2 saturated heterocycles. The number of fused-ring (bicyclic) bond motifs is 1. The molecular formula is C9H14FNO4S. The summed E-state index contributed by atoms with van der Waals surface area (Å²) < 4.78 is 39.4. The molecule has 2 aliphatic rings. The van der Waals surface area contributed by atoms with Crippen molar-refractivity contribution in [3.05, 3.63) is 0 Å². The minimum Gasteiger partial charge on any atom is -0.468 e. The molecule has 2 fully saturated rings. The van der Waals surface area contributed by atoms with Gasteiger partial charge in [0.05, 0.1) is 7.11 Å². The molecule has 16 heavy (non-hydrogen) atoms. The van der Waals surface area contributed by atoms with E-state index in [9.17, 15) is 17.1 Å². The molecule has 2 aliphatic heterocycles. The van der Waals surface area contributed by atoms with Gasteiger partial charge in [-0.15, -0.1) is 3.89 Å². The number of halogens is 1. The molecule has 0 bridgehead atoms. The van der Waals surface area contributed by atoms with Gasteiger partial charge in [0.2, 0.25) is 0 Å².